The van der Waals surface area contributed by atoms with Crippen molar-refractivity contribution in [3.05, 3.63) is 65.7 Å². The van der Waals surface area contributed by atoms with Crippen LogP contribution in [0.5, 0.6) is 5.75 Å². The molecule has 2 heterocycles. The van der Waals surface area contributed by atoms with Crippen LogP contribution in [0.15, 0.2) is 54.6 Å². The van der Waals surface area contributed by atoms with E-state index in [1.165, 1.54) is 5.56 Å². The molecule has 3 amide bonds. The molecule has 2 aliphatic heterocycles. The molecule has 3 atom stereocenters. The standard InChI is InChI=1S/C32H44N4O4/c1-32(2,3)20-29(37)34-28-14-9-17-35(4)30(38)24-12-8-13-27(18-24)40-22-26-19-25(21-36(26)31(28)39)33-16-15-23-10-6-5-7-11-23/h5-8,10-13,18,25-26,28,33H,9,14-17,19-22H2,1-4H3,(H,34,37)/t25-,26-,28-/m0/s1. The molecule has 1 fully saturated rings. The van der Waals surface area contributed by atoms with Crippen LogP contribution in [0.4, 0.5) is 0 Å². The molecule has 4 rings (SSSR count). The van der Waals surface area contributed by atoms with E-state index in [1.807, 2.05) is 56.0 Å². The first-order chi connectivity index (χ1) is 19.1. The Balaban J connectivity index is 1.52. The van der Waals surface area contributed by atoms with Crippen molar-refractivity contribution in [3.63, 3.8) is 0 Å². The summed E-state index contributed by atoms with van der Waals surface area (Å²) in [5.74, 6) is 0.311. The van der Waals surface area contributed by atoms with E-state index in [0.717, 1.165) is 19.4 Å². The fourth-order valence-corrected chi connectivity index (χ4v) is 5.51. The van der Waals surface area contributed by atoms with Crippen LogP contribution in [-0.4, -0.2) is 78.9 Å². The summed E-state index contributed by atoms with van der Waals surface area (Å²) in [6.07, 6.45) is 3.06. The van der Waals surface area contributed by atoms with E-state index in [0.29, 0.717) is 50.3 Å². The molecule has 2 aromatic carbocycles. The first kappa shape index (κ1) is 29.6. The van der Waals surface area contributed by atoms with Crippen LogP contribution in [-0.2, 0) is 16.0 Å². The molecule has 8 nitrogen and oxygen atoms in total. The third-order valence-electron chi connectivity index (χ3n) is 7.57. The van der Waals surface area contributed by atoms with Gasteiger partial charge in [0.05, 0.1) is 6.04 Å². The molecule has 1 saturated heterocycles. The van der Waals surface area contributed by atoms with Gasteiger partial charge in [-0.2, -0.15) is 0 Å². The lowest BCUT2D eigenvalue weighted by Gasteiger charge is -2.30. The summed E-state index contributed by atoms with van der Waals surface area (Å²) in [5.41, 5.74) is 1.66. The average molecular weight is 549 g/mol. The van der Waals surface area contributed by atoms with Crippen LogP contribution in [0.1, 0.15) is 62.4 Å². The smallest absolute Gasteiger partial charge is 0.253 e. The molecule has 40 heavy (non-hydrogen) atoms. The second kappa shape index (κ2) is 13.3. The van der Waals surface area contributed by atoms with Gasteiger partial charge >= 0.3 is 0 Å². The molecule has 216 valence electrons. The molecular weight excluding hydrogens is 504 g/mol. The molecule has 2 N–H and O–H groups in total. The van der Waals surface area contributed by atoms with Gasteiger partial charge in [-0.3, -0.25) is 14.4 Å². The SMILES string of the molecule is CN1CCC[C@H](NC(=O)CC(C)(C)C)C(=O)N2C[C@@H](NCCc3ccccc3)C[C@H]2COc2cccc(c2)C1=O. The summed E-state index contributed by atoms with van der Waals surface area (Å²) < 4.78 is 6.16. The van der Waals surface area contributed by atoms with Gasteiger partial charge in [0.25, 0.3) is 5.91 Å². The summed E-state index contributed by atoms with van der Waals surface area (Å²) in [6, 6.07) is 16.9. The average Bonchev–Trinajstić information content (AvgIpc) is 3.32. The third-order valence-corrected chi connectivity index (χ3v) is 7.57. The van der Waals surface area contributed by atoms with Gasteiger partial charge in [0.2, 0.25) is 11.8 Å². The predicted molar refractivity (Wildman–Crippen MR) is 156 cm³/mol. The van der Waals surface area contributed by atoms with E-state index in [4.69, 9.17) is 4.74 Å². The highest BCUT2D eigenvalue weighted by atomic mass is 16.5. The van der Waals surface area contributed by atoms with Crippen LogP contribution in [0.3, 0.4) is 0 Å². The number of rotatable bonds is 6. The van der Waals surface area contributed by atoms with Crippen LogP contribution in [0, 0.1) is 5.41 Å². The lowest BCUT2D eigenvalue weighted by atomic mass is 9.91. The van der Waals surface area contributed by atoms with E-state index in [-0.39, 0.29) is 35.2 Å². The molecule has 0 unspecified atom stereocenters. The van der Waals surface area contributed by atoms with Gasteiger partial charge in [0.15, 0.2) is 0 Å². The Bertz CT molecular complexity index is 1160. The Labute approximate surface area is 238 Å². The second-order valence-corrected chi connectivity index (χ2v) is 12.3. The quantitative estimate of drug-likeness (QED) is 0.575. The third kappa shape index (κ3) is 8.31. The largest absolute Gasteiger partial charge is 0.491 e. The van der Waals surface area contributed by atoms with Crippen LogP contribution in [0.25, 0.3) is 0 Å². The number of amides is 3. The van der Waals surface area contributed by atoms with E-state index < -0.39 is 6.04 Å². The minimum absolute atomic E-state index is 0.0805. The summed E-state index contributed by atoms with van der Waals surface area (Å²) in [5, 5.41) is 6.67. The molecule has 0 aromatic heterocycles. The topological polar surface area (TPSA) is 91.0 Å². The maximum absolute atomic E-state index is 14.0. The lowest BCUT2D eigenvalue weighted by molar-refractivity contribution is -0.138. The van der Waals surface area contributed by atoms with Crippen LogP contribution >= 0.6 is 0 Å². The van der Waals surface area contributed by atoms with E-state index in [1.54, 1.807) is 24.1 Å². The maximum Gasteiger partial charge on any atom is 0.253 e. The zero-order valence-electron chi connectivity index (χ0n) is 24.3. The number of hydrogen-bond donors (Lipinski definition) is 2. The Kier molecular flexibility index (Phi) is 9.85. The highest BCUT2D eigenvalue weighted by molar-refractivity contribution is 5.94. The Morgan fingerprint density at radius 1 is 1.07 bits per heavy atom. The number of fused-ring (bicyclic) bond motifs is 3. The van der Waals surface area contributed by atoms with Gasteiger partial charge in [0, 0.05) is 38.2 Å². The highest BCUT2D eigenvalue weighted by Gasteiger charge is 2.39. The molecule has 0 radical (unpaired) electrons. The first-order valence-corrected chi connectivity index (χ1v) is 14.4. The van der Waals surface area contributed by atoms with Crippen LogP contribution < -0.4 is 15.4 Å². The van der Waals surface area contributed by atoms with Crippen molar-refractivity contribution in [3.8, 4) is 5.75 Å². The molecule has 2 aliphatic rings. The highest BCUT2D eigenvalue weighted by Crippen LogP contribution is 2.24. The van der Waals surface area contributed by atoms with Crippen molar-refractivity contribution >= 4 is 17.7 Å². The summed E-state index contributed by atoms with van der Waals surface area (Å²) in [6.45, 7) is 8.21. The maximum atomic E-state index is 14.0. The number of hydrogen-bond acceptors (Lipinski definition) is 5. The van der Waals surface area contributed by atoms with Gasteiger partial charge in [0.1, 0.15) is 18.4 Å². The molecule has 8 heteroatoms. The Morgan fingerprint density at radius 2 is 1.85 bits per heavy atom. The number of ether oxygens (including phenoxy) is 1. The van der Waals surface area contributed by atoms with Gasteiger partial charge in [-0.15, -0.1) is 0 Å². The summed E-state index contributed by atoms with van der Waals surface area (Å²) >= 11 is 0. The minimum Gasteiger partial charge on any atom is -0.491 e. The van der Waals surface area contributed by atoms with Gasteiger partial charge in [-0.25, -0.2) is 0 Å². The van der Waals surface area contributed by atoms with Gasteiger partial charge in [-0.05, 0) is 61.4 Å². The number of nitrogens with zero attached hydrogens (tertiary/aromatic N) is 2. The normalized spacial score (nSPS) is 22.4. The predicted octanol–water partition coefficient (Wildman–Crippen LogP) is 3.65. The second-order valence-electron chi connectivity index (χ2n) is 12.3. The molecule has 2 aromatic rings. The van der Waals surface area contributed by atoms with Crippen LogP contribution in [0.2, 0.25) is 0 Å². The van der Waals surface area contributed by atoms with Gasteiger partial charge in [-0.1, -0.05) is 57.2 Å². The van der Waals surface area contributed by atoms with Crippen molar-refractivity contribution in [1.82, 2.24) is 20.4 Å². The molecule has 2 bridgehead atoms. The molecule has 0 aliphatic carbocycles. The van der Waals surface area contributed by atoms with E-state index in [2.05, 4.69) is 22.8 Å². The fraction of sp³-hybridized carbons (Fsp3) is 0.531. The van der Waals surface area contributed by atoms with E-state index in [9.17, 15) is 14.4 Å². The Hall–Kier alpha value is -3.39. The van der Waals surface area contributed by atoms with Crippen molar-refractivity contribution in [2.45, 2.75) is 71.0 Å². The molecule has 0 saturated carbocycles. The van der Waals surface area contributed by atoms with Crippen molar-refractivity contribution in [2.75, 3.05) is 33.3 Å². The molecule has 0 spiro atoms. The minimum atomic E-state index is -0.648. The molecular formula is C32H44N4O4. The van der Waals surface area contributed by atoms with Crippen molar-refractivity contribution < 1.29 is 19.1 Å². The van der Waals surface area contributed by atoms with Gasteiger partial charge < -0.3 is 25.2 Å². The summed E-state index contributed by atoms with van der Waals surface area (Å²) in [4.78, 5) is 43.5. The van der Waals surface area contributed by atoms with E-state index >= 15 is 0 Å². The summed E-state index contributed by atoms with van der Waals surface area (Å²) in [7, 11) is 1.76. The number of nitrogens with one attached hydrogen (secondary N) is 2. The zero-order chi connectivity index (χ0) is 28.7. The first-order valence-electron chi connectivity index (χ1n) is 14.4. The van der Waals surface area contributed by atoms with Crippen molar-refractivity contribution in [2.24, 2.45) is 5.41 Å². The van der Waals surface area contributed by atoms with Crippen molar-refractivity contribution in [1.29, 1.82) is 0 Å². The zero-order valence-corrected chi connectivity index (χ0v) is 24.3. The number of carbonyl (C=O) groups is 3. The number of benzene rings is 2. The number of carbonyl (C=O) groups excluding carboxylic acids is 3. The fourth-order valence-electron chi connectivity index (χ4n) is 5.51. The lowest BCUT2D eigenvalue weighted by Crippen LogP contribution is -2.52. The monoisotopic (exact) mass is 548 g/mol. The Morgan fingerprint density at radius 3 is 2.60 bits per heavy atom.